The van der Waals surface area contributed by atoms with Crippen LogP contribution in [0.15, 0.2) is 0 Å². The second kappa shape index (κ2) is 10.4. The molecule has 0 atom stereocenters. The van der Waals surface area contributed by atoms with Crippen LogP contribution < -0.4 is 5.32 Å². The molecule has 4 heteroatoms. The van der Waals surface area contributed by atoms with Crippen LogP contribution in [0.5, 0.6) is 0 Å². The average molecular weight is 218 g/mol. The lowest BCUT2D eigenvalue weighted by atomic mass is 10.4. The number of hydrogen-bond donors (Lipinski definition) is 1. The average Bonchev–Trinajstić information content (AvgIpc) is 2.17. The zero-order valence-corrected chi connectivity index (χ0v) is 10.6. The number of ether oxygens (including phenoxy) is 2. The Hall–Kier alpha value is -0.160. The van der Waals surface area contributed by atoms with Gasteiger partial charge in [-0.05, 0) is 27.9 Å². The van der Waals surface area contributed by atoms with Crippen molar-refractivity contribution in [1.82, 2.24) is 10.2 Å². The highest BCUT2D eigenvalue weighted by atomic mass is 16.7. The molecule has 0 amide bonds. The lowest BCUT2D eigenvalue weighted by molar-refractivity contribution is -0.138. The molecule has 0 aromatic heterocycles. The maximum absolute atomic E-state index is 5.44. The van der Waals surface area contributed by atoms with Crippen molar-refractivity contribution in [3.05, 3.63) is 0 Å². The minimum atomic E-state index is -0.0492. The van der Waals surface area contributed by atoms with E-state index in [-0.39, 0.29) is 6.29 Å². The maximum atomic E-state index is 5.44. The fraction of sp³-hybridized carbons (Fsp3) is 1.00. The molecular weight excluding hydrogens is 192 g/mol. The van der Waals surface area contributed by atoms with Gasteiger partial charge in [-0.15, -0.1) is 0 Å². The normalized spacial score (nSPS) is 11.6. The summed E-state index contributed by atoms with van der Waals surface area (Å²) in [6.07, 6.45) is 0.863. The Kier molecular flexibility index (Phi) is 10.3. The van der Waals surface area contributed by atoms with Crippen molar-refractivity contribution in [3.8, 4) is 0 Å². The molecule has 0 heterocycles. The lowest BCUT2D eigenvalue weighted by Crippen LogP contribution is -2.30. The smallest absolute Gasteiger partial charge is 0.158 e. The first-order chi connectivity index (χ1) is 7.20. The zero-order chi connectivity index (χ0) is 11.5. The zero-order valence-electron chi connectivity index (χ0n) is 10.6. The molecule has 0 bridgehead atoms. The van der Waals surface area contributed by atoms with Crippen molar-refractivity contribution in [1.29, 1.82) is 0 Å². The Morgan fingerprint density at radius 3 is 2.13 bits per heavy atom. The Bertz CT molecular complexity index is 126. The molecule has 0 aromatic rings. The molecule has 0 aliphatic rings. The van der Waals surface area contributed by atoms with Crippen LogP contribution in [0, 0.1) is 0 Å². The minimum absolute atomic E-state index is 0.0492. The summed E-state index contributed by atoms with van der Waals surface area (Å²) in [7, 11) is 4.15. The molecule has 0 saturated heterocycles. The van der Waals surface area contributed by atoms with E-state index < -0.39 is 0 Å². The molecule has 0 fully saturated rings. The van der Waals surface area contributed by atoms with Gasteiger partial charge in [-0.25, -0.2) is 0 Å². The monoisotopic (exact) mass is 218 g/mol. The van der Waals surface area contributed by atoms with Gasteiger partial charge in [-0.1, -0.05) is 0 Å². The van der Waals surface area contributed by atoms with Crippen LogP contribution in [0.1, 0.15) is 20.3 Å². The van der Waals surface area contributed by atoms with Gasteiger partial charge in [0.15, 0.2) is 6.29 Å². The third-order valence-corrected chi connectivity index (χ3v) is 2.00. The molecule has 92 valence electrons. The summed E-state index contributed by atoms with van der Waals surface area (Å²) in [6.45, 7) is 8.42. The number of nitrogens with one attached hydrogen (secondary N) is 1. The molecule has 0 radical (unpaired) electrons. The summed E-state index contributed by atoms with van der Waals surface area (Å²) in [5, 5.41) is 3.36. The maximum Gasteiger partial charge on any atom is 0.158 e. The SMILES string of the molecule is CCOC(CCNCCN(C)C)OCC. The van der Waals surface area contributed by atoms with Crippen molar-refractivity contribution in [2.75, 3.05) is 46.9 Å². The van der Waals surface area contributed by atoms with E-state index >= 15 is 0 Å². The van der Waals surface area contributed by atoms with Gasteiger partial charge in [0, 0.05) is 39.3 Å². The van der Waals surface area contributed by atoms with Gasteiger partial charge < -0.3 is 19.7 Å². The molecule has 15 heavy (non-hydrogen) atoms. The second-order valence-corrected chi connectivity index (χ2v) is 3.68. The Morgan fingerprint density at radius 1 is 1.07 bits per heavy atom. The van der Waals surface area contributed by atoms with Crippen LogP contribution in [0.4, 0.5) is 0 Å². The first kappa shape index (κ1) is 14.8. The Morgan fingerprint density at radius 2 is 1.67 bits per heavy atom. The van der Waals surface area contributed by atoms with Crippen molar-refractivity contribution >= 4 is 0 Å². The third kappa shape index (κ3) is 10.1. The molecule has 0 aromatic carbocycles. The van der Waals surface area contributed by atoms with E-state index in [1.54, 1.807) is 0 Å². The van der Waals surface area contributed by atoms with Crippen LogP contribution >= 0.6 is 0 Å². The molecule has 0 spiro atoms. The molecule has 0 unspecified atom stereocenters. The molecule has 0 rings (SSSR count). The summed E-state index contributed by atoms with van der Waals surface area (Å²) in [5.74, 6) is 0. The summed E-state index contributed by atoms with van der Waals surface area (Å²) in [4.78, 5) is 2.16. The summed E-state index contributed by atoms with van der Waals surface area (Å²) in [6, 6.07) is 0. The predicted molar refractivity (Wildman–Crippen MR) is 63.1 cm³/mol. The molecule has 0 saturated carbocycles. The number of rotatable bonds is 10. The van der Waals surface area contributed by atoms with E-state index in [0.717, 1.165) is 26.1 Å². The molecule has 0 aliphatic heterocycles. The van der Waals surface area contributed by atoms with E-state index in [1.807, 2.05) is 13.8 Å². The second-order valence-electron chi connectivity index (χ2n) is 3.68. The Balaban J connectivity index is 3.36. The van der Waals surface area contributed by atoms with E-state index in [2.05, 4.69) is 24.3 Å². The highest BCUT2D eigenvalue weighted by Crippen LogP contribution is 1.99. The van der Waals surface area contributed by atoms with E-state index in [1.165, 1.54) is 0 Å². The molecule has 0 aliphatic carbocycles. The first-order valence-electron chi connectivity index (χ1n) is 5.79. The van der Waals surface area contributed by atoms with Crippen molar-refractivity contribution in [2.24, 2.45) is 0 Å². The van der Waals surface area contributed by atoms with Crippen LogP contribution in [-0.4, -0.2) is 58.1 Å². The van der Waals surface area contributed by atoms with Crippen molar-refractivity contribution < 1.29 is 9.47 Å². The van der Waals surface area contributed by atoms with Gasteiger partial charge in [0.25, 0.3) is 0 Å². The molecular formula is C11H26N2O2. The fourth-order valence-corrected chi connectivity index (χ4v) is 1.23. The quantitative estimate of drug-likeness (QED) is 0.437. The van der Waals surface area contributed by atoms with Crippen LogP contribution in [0.25, 0.3) is 0 Å². The topological polar surface area (TPSA) is 33.7 Å². The van der Waals surface area contributed by atoms with Crippen LogP contribution in [0.2, 0.25) is 0 Å². The van der Waals surface area contributed by atoms with Gasteiger partial charge in [-0.3, -0.25) is 0 Å². The summed E-state index contributed by atoms with van der Waals surface area (Å²) < 4.78 is 10.9. The molecule has 1 N–H and O–H groups in total. The minimum Gasteiger partial charge on any atom is -0.353 e. The number of hydrogen-bond acceptors (Lipinski definition) is 4. The summed E-state index contributed by atoms with van der Waals surface area (Å²) in [5.41, 5.74) is 0. The largest absolute Gasteiger partial charge is 0.353 e. The van der Waals surface area contributed by atoms with Crippen molar-refractivity contribution in [3.63, 3.8) is 0 Å². The lowest BCUT2D eigenvalue weighted by Gasteiger charge is -2.17. The van der Waals surface area contributed by atoms with Gasteiger partial charge in [0.2, 0.25) is 0 Å². The van der Waals surface area contributed by atoms with E-state index in [0.29, 0.717) is 13.2 Å². The van der Waals surface area contributed by atoms with Gasteiger partial charge in [-0.2, -0.15) is 0 Å². The van der Waals surface area contributed by atoms with E-state index in [4.69, 9.17) is 9.47 Å². The third-order valence-electron chi connectivity index (χ3n) is 2.00. The standard InChI is InChI=1S/C11H26N2O2/c1-5-14-11(15-6-2)7-8-12-9-10-13(3)4/h11-12H,5-10H2,1-4H3. The predicted octanol–water partition coefficient (Wildman–Crippen LogP) is 0.927. The first-order valence-corrected chi connectivity index (χ1v) is 5.79. The summed E-state index contributed by atoms with van der Waals surface area (Å²) >= 11 is 0. The van der Waals surface area contributed by atoms with Gasteiger partial charge in [0.05, 0.1) is 0 Å². The highest BCUT2D eigenvalue weighted by molar-refractivity contribution is 4.53. The highest BCUT2D eigenvalue weighted by Gasteiger charge is 2.06. The Labute approximate surface area is 93.9 Å². The molecule has 4 nitrogen and oxygen atoms in total. The fourth-order valence-electron chi connectivity index (χ4n) is 1.23. The van der Waals surface area contributed by atoms with Gasteiger partial charge >= 0.3 is 0 Å². The number of nitrogens with zero attached hydrogens (tertiary/aromatic N) is 1. The van der Waals surface area contributed by atoms with Crippen molar-refractivity contribution in [2.45, 2.75) is 26.6 Å². The number of likely N-dealkylation sites (N-methyl/N-ethyl adjacent to an activating group) is 1. The van der Waals surface area contributed by atoms with Crippen LogP contribution in [0.3, 0.4) is 0 Å². The van der Waals surface area contributed by atoms with Crippen LogP contribution in [-0.2, 0) is 9.47 Å². The van der Waals surface area contributed by atoms with Gasteiger partial charge in [0.1, 0.15) is 0 Å². The van der Waals surface area contributed by atoms with E-state index in [9.17, 15) is 0 Å².